The standard InChI is InChI=1S/C17H23N5O2/c1-12(2)9-14-5-4-8-21(14)17(23)13-6-7-16(24-3)15(10-13)22-11-18-19-20-22/h6-7,10-12,14H,4-5,8-9H2,1-3H3/t14-/m1/s1. The highest BCUT2D eigenvalue weighted by Gasteiger charge is 2.30. The van der Waals surface area contributed by atoms with E-state index in [0.29, 0.717) is 29.0 Å². The molecule has 0 bridgehead atoms. The van der Waals surface area contributed by atoms with Gasteiger partial charge in [-0.05, 0) is 53.8 Å². The number of methoxy groups -OCH3 is 1. The van der Waals surface area contributed by atoms with Gasteiger partial charge in [-0.1, -0.05) is 13.8 Å². The number of tetrazole rings is 1. The minimum atomic E-state index is 0.0649. The minimum Gasteiger partial charge on any atom is -0.494 e. The molecule has 2 heterocycles. The third-order valence-electron chi connectivity index (χ3n) is 4.40. The van der Waals surface area contributed by atoms with Crippen LogP contribution in [0.5, 0.6) is 5.75 Å². The lowest BCUT2D eigenvalue weighted by atomic mass is 10.0. The summed E-state index contributed by atoms with van der Waals surface area (Å²) in [5.41, 5.74) is 1.30. The number of benzene rings is 1. The van der Waals surface area contributed by atoms with Gasteiger partial charge in [-0.15, -0.1) is 5.10 Å². The predicted octanol–water partition coefficient (Wildman–Crippen LogP) is 2.32. The summed E-state index contributed by atoms with van der Waals surface area (Å²) >= 11 is 0. The molecule has 0 saturated carbocycles. The van der Waals surface area contributed by atoms with Gasteiger partial charge in [-0.2, -0.15) is 4.68 Å². The zero-order valence-corrected chi connectivity index (χ0v) is 14.3. The van der Waals surface area contributed by atoms with E-state index < -0.39 is 0 Å². The zero-order chi connectivity index (χ0) is 17.1. The van der Waals surface area contributed by atoms with Crippen molar-refractivity contribution >= 4 is 5.91 Å². The summed E-state index contributed by atoms with van der Waals surface area (Å²) in [6.45, 7) is 5.22. The molecule has 1 aromatic heterocycles. The lowest BCUT2D eigenvalue weighted by molar-refractivity contribution is 0.0722. The van der Waals surface area contributed by atoms with Crippen LogP contribution in [0.1, 0.15) is 43.5 Å². The Hall–Kier alpha value is -2.44. The van der Waals surface area contributed by atoms with Crippen LogP contribution in [-0.4, -0.2) is 50.7 Å². The molecule has 1 saturated heterocycles. The molecule has 1 atom stereocenters. The molecule has 24 heavy (non-hydrogen) atoms. The number of nitrogens with zero attached hydrogens (tertiary/aromatic N) is 5. The van der Waals surface area contributed by atoms with Crippen LogP contribution in [0.15, 0.2) is 24.5 Å². The van der Waals surface area contributed by atoms with Crippen molar-refractivity contribution in [1.82, 2.24) is 25.1 Å². The van der Waals surface area contributed by atoms with Gasteiger partial charge in [0.15, 0.2) is 0 Å². The van der Waals surface area contributed by atoms with Crippen molar-refractivity contribution in [2.24, 2.45) is 5.92 Å². The molecule has 1 aromatic carbocycles. The molecular formula is C17H23N5O2. The molecule has 0 unspecified atom stereocenters. The first-order chi connectivity index (χ1) is 11.6. The number of likely N-dealkylation sites (tertiary alicyclic amines) is 1. The molecule has 0 N–H and O–H groups in total. The fourth-order valence-corrected chi connectivity index (χ4v) is 3.33. The summed E-state index contributed by atoms with van der Waals surface area (Å²) in [5.74, 6) is 1.27. The Balaban J connectivity index is 1.89. The Kier molecular flexibility index (Phi) is 4.78. The first-order valence-electron chi connectivity index (χ1n) is 8.32. The van der Waals surface area contributed by atoms with Crippen LogP contribution in [0.2, 0.25) is 0 Å². The molecule has 1 aliphatic rings. The minimum absolute atomic E-state index is 0.0649. The van der Waals surface area contributed by atoms with E-state index in [0.717, 1.165) is 25.8 Å². The maximum absolute atomic E-state index is 13.0. The van der Waals surface area contributed by atoms with Crippen molar-refractivity contribution in [1.29, 1.82) is 0 Å². The molecule has 2 aromatic rings. The Labute approximate surface area is 141 Å². The number of ether oxygens (including phenoxy) is 1. The van der Waals surface area contributed by atoms with Crippen molar-refractivity contribution in [3.8, 4) is 11.4 Å². The van der Waals surface area contributed by atoms with Gasteiger partial charge >= 0.3 is 0 Å². The van der Waals surface area contributed by atoms with Gasteiger partial charge in [0.05, 0.1) is 7.11 Å². The maximum atomic E-state index is 13.0. The van der Waals surface area contributed by atoms with E-state index in [9.17, 15) is 4.79 Å². The highest BCUT2D eigenvalue weighted by molar-refractivity contribution is 5.95. The lowest BCUT2D eigenvalue weighted by Gasteiger charge is -2.26. The van der Waals surface area contributed by atoms with E-state index >= 15 is 0 Å². The lowest BCUT2D eigenvalue weighted by Crippen LogP contribution is -2.36. The summed E-state index contributed by atoms with van der Waals surface area (Å²) in [6, 6.07) is 5.72. The molecule has 1 fully saturated rings. The molecule has 1 amide bonds. The number of hydrogen-bond donors (Lipinski definition) is 0. The Morgan fingerprint density at radius 1 is 1.42 bits per heavy atom. The van der Waals surface area contributed by atoms with E-state index in [4.69, 9.17) is 4.74 Å². The normalized spacial score (nSPS) is 17.5. The second-order valence-corrected chi connectivity index (χ2v) is 6.57. The van der Waals surface area contributed by atoms with Crippen LogP contribution in [0.3, 0.4) is 0 Å². The number of hydrogen-bond acceptors (Lipinski definition) is 5. The Bertz CT molecular complexity index is 699. The first kappa shape index (κ1) is 16.4. The number of rotatable bonds is 5. The van der Waals surface area contributed by atoms with Crippen molar-refractivity contribution in [3.05, 3.63) is 30.1 Å². The molecule has 0 radical (unpaired) electrons. The van der Waals surface area contributed by atoms with E-state index in [-0.39, 0.29) is 5.91 Å². The van der Waals surface area contributed by atoms with Gasteiger partial charge in [0.1, 0.15) is 17.8 Å². The molecular weight excluding hydrogens is 306 g/mol. The second-order valence-electron chi connectivity index (χ2n) is 6.57. The van der Waals surface area contributed by atoms with Crippen molar-refractivity contribution in [2.45, 2.75) is 39.2 Å². The van der Waals surface area contributed by atoms with Crippen LogP contribution in [0.25, 0.3) is 5.69 Å². The SMILES string of the molecule is COc1ccc(C(=O)N2CCC[C@@H]2CC(C)C)cc1-n1cnnn1. The third-order valence-corrected chi connectivity index (χ3v) is 4.40. The van der Waals surface area contributed by atoms with Crippen molar-refractivity contribution in [3.63, 3.8) is 0 Å². The predicted molar refractivity (Wildman–Crippen MR) is 89.2 cm³/mol. The van der Waals surface area contributed by atoms with Crippen LogP contribution in [0, 0.1) is 5.92 Å². The molecule has 7 nitrogen and oxygen atoms in total. The Morgan fingerprint density at radius 3 is 2.92 bits per heavy atom. The topological polar surface area (TPSA) is 73.1 Å². The van der Waals surface area contributed by atoms with Gasteiger partial charge in [0.2, 0.25) is 0 Å². The number of carbonyl (C=O) groups excluding carboxylic acids is 1. The van der Waals surface area contributed by atoms with Gasteiger partial charge in [-0.25, -0.2) is 0 Å². The highest BCUT2D eigenvalue weighted by Crippen LogP contribution is 2.28. The summed E-state index contributed by atoms with van der Waals surface area (Å²) < 4.78 is 6.87. The number of carbonyl (C=O) groups is 1. The van der Waals surface area contributed by atoms with Crippen molar-refractivity contribution in [2.75, 3.05) is 13.7 Å². The van der Waals surface area contributed by atoms with E-state index in [1.165, 1.54) is 11.0 Å². The molecule has 1 aliphatic heterocycles. The highest BCUT2D eigenvalue weighted by atomic mass is 16.5. The van der Waals surface area contributed by atoms with Crippen LogP contribution in [-0.2, 0) is 0 Å². The van der Waals surface area contributed by atoms with Gasteiger partial charge in [0, 0.05) is 18.2 Å². The number of aromatic nitrogens is 4. The van der Waals surface area contributed by atoms with E-state index in [2.05, 4.69) is 29.4 Å². The maximum Gasteiger partial charge on any atom is 0.254 e. The van der Waals surface area contributed by atoms with Gasteiger partial charge in [0.25, 0.3) is 5.91 Å². The second kappa shape index (κ2) is 6.98. The van der Waals surface area contributed by atoms with Crippen LogP contribution < -0.4 is 4.74 Å². The van der Waals surface area contributed by atoms with Crippen molar-refractivity contribution < 1.29 is 9.53 Å². The zero-order valence-electron chi connectivity index (χ0n) is 14.3. The quantitative estimate of drug-likeness (QED) is 0.842. The fraction of sp³-hybridized carbons (Fsp3) is 0.529. The molecule has 0 spiro atoms. The summed E-state index contributed by atoms with van der Waals surface area (Å²) in [6.07, 6.45) is 4.68. The summed E-state index contributed by atoms with van der Waals surface area (Å²) in [5, 5.41) is 11.2. The summed E-state index contributed by atoms with van der Waals surface area (Å²) in [4.78, 5) is 15.0. The van der Waals surface area contributed by atoms with E-state index in [1.807, 2.05) is 4.90 Å². The molecule has 128 valence electrons. The average Bonchev–Trinajstić information content (AvgIpc) is 3.24. The van der Waals surface area contributed by atoms with E-state index in [1.54, 1.807) is 25.3 Å². The van der Waals surface area contributed by atoms with Crippen LogP contribution >= 0.6 is 0 Å². The molecule has 7 heteroatoms. The fourth-order valence-electron chi connectivity index (χ4n) is 3.33. The van der Waals surface area contributed by atoms with Gasteiger partial charge < -0.3 is 9.64 Å². The number of amides is 1. The van der Waals surface area contributed by atoms with Crippen LogP contribution in [0.4, 0.5) is 0 Å². The first-order valence-corrected chi connectivity index (χ1v) is 8.32. The van der Waals surface area contributed by atoms with Gasteiger partial charge in [-0.3, -0.25) is 4.79 Å². The summed E-state index contributed by atoms with van der Waals surface area (Å²) in [7, 11) is 1.59. The smallest absolute Gasteiger partial charge is 0.254 e. The largest absolute Gasteiger partial charge is 0.494 e. The Morgan fingerprint density at radius 2 is 2.25 bits per heavy atom. The molecule has 0 aliphatic carbocycles. The molecule has 3 rings (SSSR count). The average molecular weight is 329 g/mol. The monoisotopic (exact) mass is 329 g/mol. The third kappa shape index (κ3) is 3.25.